The molecule has 0 radical (unpaired) electrons. The van der Waals surface area contributed by atoms with Gasteiger partial charge in [-0.2, -0.15) is 5.10 Å². The Hall–Kier alpha value is -2.35. The van der Waals surface area contributed by atoms with Crippen molar-refractivity contribution in [1.82, 2.24) is 10.4 Å². The van der Waals surface area contributed by atoms with E-state index in [1.807, 2.05) is 25.1 Å². The van der Waals surface area contributed by atoms with E-state index < -0.39 is 0 Å². The smallest absolute Gasteiger partial charge is 0.274 e. The van der Waals surface area contributed by atoms with E-state index in [4.69, 9.17) is 27.6 Å². The molecule has 0 atom stereocenters. The number of nitrogens with zero attached hydrogens (tertiary/aromatic N) is 2. The van der Waals surface area contributed by atoms with Crippen LogP contribution < -0.4 is 10.7 Å². The van der Waals surface area contributed by atoms with E-state index in [0.717, 1.165) is 11.3 Å². The maximum absolute atomic E-state index is 12.0. The van der Waals surface area contributed by atoms with E-state index in [9.17, 15) is 4.79 Å². The van der Waals surface area contributed by atoms with Crippen LogP contribution >= 0.6 is 34.5 Å². The summed E-state index contributed by atoms with van der Waals surface area (Å²) in [5, 5.41) is 8.60. The molecule has 0 bridgehead atoms. The lowest BCUT2D eigenvalue weighted by Crippen LogP contribution is -2.17. The number of aryl methyl sites for hydroxylation is 2. The second kappa shape index (κ2) is 7.90. The van der Waals surface area contributed by atoms with Crippen LogP contribution in [0.5, 0.6) is 0 Å². The average Bonchev–Trinajstić information content (AvgIpc) is 3.17. The Kier molecular flexibility index (Phi) is 5.61. The number of nitrogens with one attached hydrogen (secondary N) is 2. The highest BCUT2D eigenvalue weighted by Crippen LogP contribution is 2.29. The van der Waals surface area contributed by atoms with Gasteiger partial charge in [-0.05, 0) is 37.6 Å². The number of carbonyl (C=O) groups excluding carboxylic acids is 1. The number of amides is 1. The van der Waals surface area contributed by atoms with E-state index in [0.29, 0.717) is 26.4 Å². The summed E-state index contributed by atoms with van der Waals surface area (Å²) in [6.45, 7) is 3.63. The van der Waals surface area contributed by atoms with Gasteiger partial charge >= 0.3 is 0 Å². The lowest BCUT2D eigenvalue weighted by Gasteiger charge is -2.04. The van der Waals surface area contributed by atoms with Crippen molar-refractivity contribution in [3.05, 3.63) is 62.5 Å². The number of halogens is 2. The fourth-order valence-corrected chi connectivity index (χ4v) is 3.30. The first-order valence-electron chi connectivity index (χ1n) is 7.51. The summed E-state index contributed by atoms with van der Waals surface area (Å²) < 4.78 is 5.09. The molecule has 26 heavy (non-hydrogen) atoms. The predicted molar refractivity (Wildman–Crippen MR) is 105 cm³/mol. The third-order valence-corrected chi connectivity index (χ3v) is 5.20. The monoisotopic (exact) mass is 408 g/mol. The number of hydrogen-bond donors (Lipinski definition) is 2. The van der Waals surface area contributed by atoms with Gasteiger partial charge in [0.2, 0.25) is 0 Å². The summed E-state index contributed by atoms with van der Waals surface area (Å²) in [5.74, 6) is 0.164. The highest BCUT2D eigenvalue weighted by molar-refractivity contribution is 7.17. The number of furan rings is 1. The summed E-state index contributed by atoms with van der Waals surface area (Å²) in [6.07, 6.45) is 2.89. The van der Waals surface area contributed by atoms with E-state index in [1.165, 1.54) is 23.8 Å². The molecule has 1 amide bonds. The van der Waals surface area contributed by atoms with Crippen molar-refractivity contribution >= 4 is 57.5 Å². The normalized spacial score (nSPS) is 11.1. The lowest BCUT2D eigenvalue weighted by atomic mass is 10.2. The standard InChI is InChI=1S/C17H14Cl2N4O2S/c1-9-3-4-11(7-13(9)18)21-17-22-15(19)14(26-17)8-20-23-16(24)12-5-6-25-10(12)2/h3-8H,1-2H3,(H,21,22)(H,23,24)/b20-8+. The molecule has 0 spiro atoms. The molecule has 3 rings (SSSR count). The molecule has 2 aromatic heterocycles. The molecule has 9 heteroatoms. The minimum atomic E-state index is -0.360. The van der Waals surface area contributed by atoms with Gasteiger partial charge in [-0.1, -0.05) is 40.6 Å². The highest BCUT2D eigenvalue weighted by atomic mass is 35.5. The van der Waals surface area contributed by atoms with Gasteiger partial charge in [0.1, 0.15) is 5.76 Å². The molecule has 2 N–H and O–H groups in total. The van der Waals surface area contributed by atoms with Crippen molar-refractivity contribution in [3.8, 4) is 0 Å². The summed E-state index contributed by atoms with van der Waals surface area (Å²) in [6, 6.07) is 7.20. The molecule has 0 aliphatic rings. The molecular weight excluding hydrogens is 395 g/mol. The van der Waals surface area contributed by atoms with E-state index in [1.54, 1.807) is 13.0 Å². The Morgan fingerprint density at radius 1 is 1.31 bits per heavy atom. The topological polar surface area (TPSA) is 79.5 Å². The molecule has 0 saturated carbocycles. The van der Waals surface area contributed by atoms with Gasteiger partial charge in [-0.3, -0.25) is 4.79 Å². The maximum Gasteiger partial charge on any atom is 0.274 e. The summed E-state index contributed by atoms with van der Waals surface area (Å²) in [5.41, 5.74) is 4.65. The van der Waals surface area contributed by atoms with Crippen LogP contribution in [0.2, 0.25) is 10.2 Å². The largest absolute Gasteiger partial charge is 0.469 e. The zero-order valence-electron chi connectivity index (χ0n) is 13.8. The second-order valence-corrected chi connectivity index (χ2v) is 7.15. The molecule has 0 aliphatic carbocycles. The van der Waals surface area contributed by atoms with Crippen LogP contribution in [0.4, 0.5) is 10.8 Å². The van der Waals surface area contributed by atoms with Crippen molar-refractivity contribution in [2.75, 3.05) is 5.32 Å². The van der Waals surface area contributed by atoms with Crippen LogP contribution in [-0.2, 0) is 0 Å². The maximum atomic E-state index is 12.0. The van der Waals surface area contributed by atoms with Crippen LogP contribution in [0.25, 0.3) is 0 Å². The predicted octanol–water partition coefficient (Wildman–Crippen LogP) is 5.17. The summed E-state index contributed by atoms with van der Waals surface area (Å²) in [7, 11) is 0. The van der Waals surface area contributed by atoms with E-state index in [-0.39, 0.29) is 11.1 Å². The van der Waals surface area contributed by atoms with Crippen LogP contribution in [0.3, 0.4) is 0 Å². The van der Waals surface area contributed by atoms with Gasteiger partial charge in [-0.15, -0.1) is 0 Å². The fraction of sp³-hybridized carbons (Fsp3) is 0.118. The summed E-state index contributed by atoms with van der Waals surface area (Å²) in [4.78, 5) is 16.8. The lowest BCUT2D eigenvalue weighted by molar-refractivity contribution is 0.0953. The third kappa shape index (κ3) is 4.24. The van der Waals surface area contributed by atoms with Gasteiger partial charge < -0.3 is 9.73 Å². The van der Waals surface area contributed by atoms with Crippen molar-refractivity contribution in [2.24, 2.45) is 5.10 Å². The Bertz CT molecular complexity index is 981. The van der Waals surface area contributed by atoms with Gasteiger partial charge in [0, 0.05) is 10.7 Å². The Morgan fingerprint density at radius 3 is 2.81 bits per heavy atom. The van der Waals surface area contributed by atoms with E-state index in [2.05, 4.69) is 20.8 Å². The molecule has 3 aromatic rings. The second-order valence-electron chi connectivity index (χ2n) is 5.35. The van der Waals surface area contributed by atoms with Crippen molar-refractivity contribution in [3.63, 3.8) is 0 Å². The van der Waals surface area contributed by atoms with Crippen LogP contribution in [0, 0.1) is 13.8 Å². The SMILES string of the molecule is Cc1ccc(Nc2nc(Cl)c(/C=N/NC(=O)c3ccoc3C)s2)cc1Cl. The number of hydrazone groups is 1. The first-order valence-corrected chi connectivity index (χ1v) is 9.08. The Labute approximate surface area is 163 Å². The molecule has 0 fully saturated rings. The third-order valence-electron chi connectivity index (χ3n) is 3.48. The number of aromatic nitrogens is 1. The zero-order chi connectivity index (χ0) is 18.7. The van der Waals surface area contributed by atoms with Gasteiger partial charge in [-0.25, -0.2) is 10.4 Å². The van der Waals surface area contributed by atoms with Crippen LogP contribution in [0.15, 0.2) is 40.0 Å². The molecule has 0 unspecified atom stereocenters. The highest BCUT2D eigenvalue weighted by Gasteiger charge is 2.11. The number of hydrogen-bond acceptors (Lipinski definition) is 6. The van der Waals surface area contributed by atoms with Gasteiger partial charge in [0.25, 0.3) is 5.91 Å². The number of carbonyl (C=O) groups is 1. The molecular formula is C17H14Cl2N4O2S. The molecule has 1 aromatic carbocycles. The minimum absolute atomic E-state index is 0.285. The summed E-state index contributed by atoms with van der Waals surface area (Å²) >= 11 is 13.5. The van der Waals surface area contributed by atoms with Gasteiger partial charge in [0.15, 0.2) is 10.3 Å². The van der Waals surface area contributed by atoms with Crippen molar-refractivity contribution in [1.29, 1.82) is 0 Å². The van der Waals surface area contributed by atoms with Gasteiger partial charge in [0.05, 0.1) is 22.9 Å². The average molecular weight is 409 g/mol. The number of thiazole rings is 1. The van der Waals surface area contributed by atoms with E-state index >= 15 is 0 Å². The fourth-order valence-electron chi connectivity index (χ4n) is 2.07. The number of benzene rings is 1. The molecule has 0 aliphatic heterocycles. The number of rotatable bonds is 5. The quantitative estimate of drug-likeness (QED) is 0.450. The molecule has 134 valence electrons. The number of anilines is 2. The Morgan fingerprint density at radius 2 is 2.12 bits per heavy atom. The first kappa shape index (κ1) is 18.4. The van der Waals surface area contributed by atoms with Crippen LogP contribution in [0.1, 0.15) is 26.6 Å². The van der Waals surface area contributed by atoms with Crippen LogP contribution in [-0.4, -0.2) is 17.1 Å². The first-order chi connectivity index (χ1) is 12.4. The minimum Gasteiger partial charge on any atom is -0.469 e. The van der Waals surface area contributed by atoms with Crippen molar-refractivity contribution < 1.29 is 9.21 Å². The van der Waals surface area contributed by atoms with Crippen molar-refractivity contribution in [2.45, 2.75) is 13.8 Å². The zero-order valence-corrected chi connectivity index (χ0v) is 16.2. The molecule has 0 saturated heterocycles. The Balaban J connectivity index is 1.67. The molecule has 2 heterocycles. The molecule has 6 nitrogen and oxygen atoms in total.